The Kier molecular flexibility index (Phi) is 6.84. The topological polar surface area (TPSA) is 46.6 Å². The summed E-state index contributed by atoms with van der Waals surface area (Å²) in [6.45, 7) is 0.00988. The highest BCUT2D eigenvalue weighted by atomic mass is 35.5. The van der Waals surface area contributed by atoms with Crippen molar-refractivity contribution in [3.05, 3.63) is 104 Å². The molecule has 0 unspecified atom stereocenters. The molecule has 1 aliphatic heterocycles. The lowest BCUT2D eigenvalue weighted by Gasteiger charge is -2.14. The molecule has 32 heavy (non-hydrogen) atoms. The molecule has 4 nitrogen and oxygen atoms in total. The summed E-state index contributed by atoms with van der Waals surface area (Å²) in [5.74, 6) is -0.332. The lowest BCUT2D eigenvalue weighted by atomic mass is 10.1. The van der Waals surface area contributed by atoms with Gasteiger partial charge in [-0.25, -0.2) is 4.39 Å². The van der Waals surface area contributed by atoms with E-state index in [0.717, 1.165) is 16.7 Å². The predicted molar refractivity (Wildman–Crippen MR) is 125 cm³/mol. The number of carbonyl (C=O) groups is 2. The van der Waals surface area contributed by atoms with Crippen molar-refractivity contribution in [3.8, 4) is 5.75 Å². The number of para-hydroxylation sites is 1. The highest BCUT2D eigenvalue weighted by Crippen LogP contribution is 2.36. The molecule has 3 aromatic carbocycles. The number of rotatable bonds is 6. The quantitative estimate of drug-likeness (QED) is 0.353. The van der Waals surface area contributed by atoms with Crippen LogP contribution < -0.4 is 4.74 Å². The zero-order valence-electron chi connectivity index (χ0n) is 16.6. The average Bonchev–Trinajstić information content (AvgIpc) is 3.04. The van der Waals surface area contributed by atoms with E-state index in [9.17, 15) is 14.0 Å². The van der Waals surface area contributed by atoms with Crippen molar-refractivity contribution in [2.75, 3.05) is 0 Å². The summed E-state index contributed by atoms with van der Waals surface area (Å²) < 4.78 is 19.7. The number of nitrogens with zero attached hydrogens (tertiary/aromatic N) is 1. The number of imide groups is 1. The number of benzene rings is 3. The molecule has 0 radical (unpaired) electrons. The maximum absolute atomic E-state index is 13.9. The Morgan fingerprint density at radius 3 is 2.38 bits per heavy atom. The Balaban J connectivity index is 1.55. The van der Waals surface area contributed by atoms with Crippen LogP contribution in [0.2, 0.25) is 10.0 Å². The molecular formula is C24H16Cl2FNO3S. The van der Waals surface area contributed by atoms with Crippen LogP contribution in [0.1, 0.15) is 16.7 Å². The van der Waals surface area contributed by atoms with Gasteiger partial charge in [-0.2, -0.15) is 0 Å². The van der Waals surface area contributed by atoms with E-state index < -0.39 is 11.1 Å². The molecule has 0 aliphatic carbocycles. The van der Waals surface area contributed by atoms with Crippen LogP contribution in [0, 0.1) is 5.82 Å². The number of ether oxygens (including phenoxy) is 1. The van der Waals surface area contributed by atoms with E-state index in [0.29, 0.717) is 32.5 Å². The number of carbonyl (C=O) groups excluding carboxylic acids is 2. The first-order chi connectivity index (χ1) is 15.4. The van der Waals surface area contributed by atoms with Crippen LogP contribution in [-0.4, -0.2) is 16.0 Å². The van der Waals surface area contributed by atoms with Gasteiger partial charge in [0.2, 0.25) is 0 Å². The minimum Gasteiger partial charge on any atom is -0.488 e. The summed E-state index contributed by atoms with van der Waals surface area (Å²) >= 11 is 13.2. The van der Waals surface area contributed by atoms with E-state index in [1.165, 1.54) is 6.07 Å². The minimum absolute atomic E-state index is 0.0219. The van der Waals surface area contributed by atoms with Gasteiger partial charge in [0.1, 0.15) is 18.2 Å². The van der Waals surface area contributed by atoms with Crippen LogP contribution >= 0.6 is 35.0 Å². The first-order valence-electron chi connectivity index (χ1n) is 9.57. The van der Waals surface area contributed by atoms with Crippen molar-refractivity contribution in [1.82, 2.24) is 4.90 Å². The Bertz CT molecular complexity index is 1210. The van der Waals surface area contributed by atoms with Crippen LogP contribution in [0.3, 0.4) is 0 Å². The lowest BCUT2D eigenvalue weighted by molar-refractivity contribution is -0.123. The van der Waals surface area contributed by atoms with Gasteiger partial charge >= 0.3 is 0 Å². The summed E-state index contributed by atoms with van der Waals surface area (Å²) in [5.41, 5.74) is 1.53. The molecule has 1 heterocycles. The Morgan fingerprint density at radius 1 is 0.938 bits per heavy atom. The van der Waals surface area contributed by atoms with Gasteiger partial charge in [0.25, 0.3) is 11.1 Å². The smallest absolute Gasteiger partial charge is 0.293 e. The number of amides is 2. The summed E-state index contributed by atoms with van der Waals surface area (Å²) in [7, 11) is 0. The summed E-state index contributed by atoms with van der Waals surface area (Å²) in [5, 5.41) is 0.349. The number of halogens is 3. The molecule has 0 atom stereocenters. The highest BCUT2D eigenvalue weighted by molar-refractivity contribution is 8.18. The van der Waals surface area contributed by atoms with Crippen LogP contribution in [0.4, 0.5) is 9.18 Å². The standard InChI is InChI=1S/C24H16Cl2FNO3S/c25-18-8-5-9-19(26)17(18)13-28-23(29)22(32-24(28)30)12-15-6-2-4-11-21(15)31-14-16-7-1-3-10-20(16)27/h1-12H,13-14H2/b22-12+. The van der Waals surface area contributed by atoms with Crippen LogP contribution in [0.5, 0.6) is 5.75 Å². The zero-order chi connectivity index (χ0) is 22.7. The summed E-state index contributed by atoms with van der Waals surface area (Å²) in [6.07, 6.45) is 1.59. The summed E-state index contributed by atoms with van der Waals surface area (Å²) in [4.78, 5) is 26.8. The van der Waals surface area contributed by atoms with Crippen molar-refractivity contribution >= 4 is 52.2 Å². The van der Waals surface area contributed by atoms with Crippen LogP contribution in [0.25, 0.3) is 6.08 Å². The fourth-order valence-corrected chi connectivity index (χ4v) is 4.47. The molecule has 0 spiro atoms. The van der Waals surface area contributed by atoms with Crippen LogP contribution in [0.15, 0.2) is 71.6 Å². The molecule has 0 N–H and O–H groups in total. The van der Waals surface area contributed by atoms with Gasteiger partial charge in [-0.3, -0.25) is 14.5 Å². The first-order valence-corrected chi connectivity index (χ1v) is 11.1. The molecule has 4 rings (SSSR count). The maximum atomic E-state index is 13.9. The van der Waals surface area contributed by atoms with Gasteiger partial charge in [-0.05, 0) is 42.1 Å². The van der Waals surface area contributed by atoms with E-state index in [-0.39, 0.29) is 23.9 Å². The van der Waals surface area contributed by atoms with Gasteiger partial charge in [-0.15, -0.1) is 0 Å². The Labute approximate surface area is 198 Å². The number of thioether (sulfide) groups is 1. The van der Waals surface area contributed by atoms with Gasteiger partial charge in [0.15, 0.2) is 0 Å². The second kappa shape index (κ2) is 9.77. The van der Waals surface area contributed by atoms with Gasteiger partial charge in [-0.1, -0.05) is 65.7 Å². The maximum Gasteiger partial charge on any atom is 0.293 e. The van der Waals surface area contributed by atoms with Crippen molar-refractivity contribution < 1.29 is 18.7 Å². The fourth-order valence-electron chi connectivity index (χ4n) is 3.12. The lowest BCUT2D eigenvalue weighted by Crippen LogP contribution is -2.27. The van der Waals surface area contributed by atoms with Crippen molar-refractivity contribution in [3.63, 3.8) is 0 Å². The van der Waals surface area contributed by atoms with Gasteiger partial charge < -0.3 is 4.74 Å². The molecular weight excluding hydrogens is 472 g/mol. The monoisotopic (exact) mass is 487 g/mol. The predicted octanol–water partition coefficient (Wildman–Crippen LogP) is 6.95. The second-order valence-electron chi connectivity index (χ2n) is 6.89. The third-order valence-corrected chi connectivity index (χ3v) is 6.41. The van der Waals surface area contributed by atoms with Gasteiger partial charge in [0.05, 0.1) is 11.4 Å². The molecule has 0 aromatic heterocycles. The molecule has 0 saturated carbocycles. The fraction of sp³-hybridized carbons (Fsp3) is 0.0833. The first kappa shape index (κ1) is 22.4. The van der Waals surface area contributed by atoms with Crippen molar-refractivity contribution in [2.24, 2.45) is 0 Å². The van der Waals surface area contributed by atoms with Crippen LogP contribution in [-0.2, 0) is 17.9 Å². The van der Waals surface area contributed by atoms with E-state index >= 15 is 0 Å². The third-order valence-electron chi connectivity index (χ3n) is 4.80. The largest absolute Gasteiger partial charge is 0.488 e. The molecule has 8 heteroatoms. The minimum atomic E-state index is -0.445. The third kappa shape index (κ3) is 4.83. The Hall–Kier alpha value is -2.80. The molecule has 0 bridgehead atoms. The van der Waals surface area contributed by atoms with Crippen molar-refractivity contribution in [2.45, 2.75) is 13.2 Å². The van der Waals surface area contributed by atoms with Gasteiger partial charge in [0, 0.05) is 26.7 Å². The number of hydrogen-bond acceptors (Lipinski definition) is 4. The van der Waals surface area contributed by atoms with E-state index in [1.54, 1.807) is 66.7 Å². The molecule has 162 valence electrons. The average molecular weight is 488 g/mol. The van der Waals surface area contributed by atoms with E-state index in [2.05, 4.69) is 0 Å². The van der Waals surface area contributed by atoms with E-state index in [4.69, 9.17) is 27.9 Å². The SMILES string of the molecule is O=C1S/C(=C/c2ccccc2OCc2ccccc2F)C(=O)N1Cc1c(Cl)cccc1Cl. The normalized spacial score (nSPS) is 15.0. The highest BCUT2D eigenvalue weighted by Gasteiger charge is 2.36. The van der Waals surface area contributed by atoms with Crippen molar-refractivity contribution in [1.29, 1.82) is 0 Å². The molecule has 1 fully saturated rings. The van der Waals surface area contributed by atoms with E-state index in [1.807, 2.05) is 0 Å². The number of hydrogen-bond donors (Lipinski definition) is 0. The Morgan fingerprint density at radius 2 is 1.62 bits per heavy atom. The molecule has 2 amide bonds. The second-order valence-corrected chi connectivity index (χ2v) is 8.69. The molecule has 3 aromatic rings. The molecule has 1 aliphatic rings. The zero-order valence-corrected chi connectivity index (χ0v) is 18.9. The molecule has 1 saturated heterocycles. The summed E-state index contributed by atoms with van der Waals surface area (Å²) in [6, 6.07) is 18.4.